The maximum atomic E-state index is 13.1. The lowest BCUT2D eigenvalue weighted by molar-refractivity contribution is -0.141. The first-order valence-electron chi connectivity index (χ1n) is 12.5. The highest BCUT2D eigenvalue weighted by atomic mass is 19.4. The van der Waals surface area contributed by atoms with Crippen LogP contribution in [0.3, 0.4) is 0 Å². The summed E-state index contributed by atoms with van der Waals surface area (Å²) in [6, 6.07) is 14.6. The Labute approximate surface area is 218 Å². The standard InChI is InChI=1S/C29H28F3N3O3/c1-37-28(36)16-22(18-4-6-19(7-5-18)29(30,31)32)24-17-34-25-11-9-21(15-23(24)25)38-14-12-20-8-10-26-27(35-20)3-2-13-33-26/h4-11,15,17,22,33-34H,2-3,12-14,16H2,1H3. The highest BCUT2D eigenvalue weighted by Gasteiger charge is 2.31. The number of aromatic amines is 1. The predicted octanol–water partition coefficient (Wildman–Crippen LogP) is 6.26. The molecule has 0 saturated carbocycles. The van der Waals surface area contributed by atoms with Crippen LogP contribution in [0, 0.1) is 0 Å². The Balaban J connectivity index is 1.36. The maximum absolute atomic E-state index is 13.1. The zero-order valence-corrected chi connectivity index (χ0v) is 20.9. The molecular formula is C29H28F3N3O3. The lowest BCUT2D eigenvalue weighted by Crippen LogP contribution is -2.14. The summed E-state index contributed by atoms with van der Waals surface area (Å²) in [5.41, 5.74) is 4.61. The average Bonchev–Trinajstić information content (AvgIpc) is 3.34. The third kappa shape index (κ3) is 5.61. The highest BCUT2D eigenvalue weighted by molar-refractivity contribution is 5.86. The van der Waals surface area contributed by atoms with Gasteiger partial charge < -0.3 is 19.8 Å². The maximum Gasteiger partial charge on any atom is 0.416 e. The third-order valence-electron chi connectivity index (χ3n) is 6.86. The fourth-order valence-electron chi connectivity index (χ4n) is 4.85. The summed E-state index contributed by atoms with van der Waals surface area (Å²) < 4.78 is 50.2. The Hall–Kier alpha value is -4.01. The summed E-state index contributed by atoms with van der Waals surface area (Å²) in [5, 5.41) is 4.19. The topological polar surface area (TPSA) is 76.2 Å². The average molecular weight is 524 g/mol. The van der Waals surface area contributed by atoms with Crippen LogP contribution in [0.15, 0.2) is 60.8 Å². The van der Waals surface area contributed by atoms with Crippen molar-refractivity contribution < 1.29 is 27.4 Å². The van der Waals surface area contributed by atoms with Crippen molar-refractivity contribution in [1.82, 2.24) is 9.97 Å². The van der Waals surface area contributed by atoms with E-state index in [1.165, 1.54) is 19.2 Å². The van der Waals surface area contributed by atoms with E-state index in [0.717, 1.165) is 65.1 Å². The van der Waals surface area contributed by atoms with Crippen molar-refractivity contribution in [1.29, 1.82) is 0 Å². The van der Waals surface area contributed by atoms with E-state index in [-0.39, 0.29) is 6.42 Å². The number of rotatable bonds is 8. The van der Waals surface area contributed by atoms with Crippen molar-refractivity contribution in [3.05, 3.63) is 88.9 Å². The first-order valence-corrected chi connectivity index (χ1v) is 12.5. The number of carbonyl (C=O) groups excluding carboxylic acids is 1. The van der Waals surface area contributed by atoms with Gasteiger partial charge in [-0.05, 0) is 66.4 Å². The van der Waals surface area contributed by atoms with Crippen LogP contribution < -0.4 is 10.1 Å². The Morgan fingerprint density at radius 2 is 1.92 bits per heavy atom. The Morgan fingerprint density at radius 1 is 1.11 bits per heavy atom. The van der Waals surface area contributed by atoms with Gasteiger partial charge in [0.25, 0.3) is 0 Å². The van der Waals surface area contributed by atoms with Crippen LogP contribution in [0.1, 0.15) is 46.8 Å². The van der Waals surface area contributed by atoms with Gasteiger partial charge in [0, 0.05) is 41.7 Å². The molecule has 1 aliphatic rings. The van der Waals surface area contributed by atoms with Gasteiger partial charge in [0.1, 0.15) is 5.75 Å². The van der Waals surface area contributed by atoms with Crippen molar-refractivity contribution in [3.63, 3.8) is 0 Å². The summed E-state index contributed by atoms with van der Waals surface area (Å²) in [4.78, 5) is 20.2. The number of hydrogen-bond donors (Lipinski definition) is 2. The van der Waals surface area contributed by atoms with Gasteiger partial charge in [-0.25, -0.2) is 0 Å². The molecule has 1 unspecified atom stereocenters. The molecule has 2 aromatic carbocycles. The highest BCUT2D eigenvalue weighted by Crippen LogP contribution is 2.37. The van der Waals surface area contributed by atoms with Crippen LogP contribution in [0.5, 0.6) is 5.75 Å². The van der Waals surface area contributed by atoms with Crippen LogP contribution in [0.25, 0.3) is 10.9 Å². The monoisotopic (exact) mass is 523 g/mol. The molecule has 0 bridgehead atoms. The van der Waals surface area contributed by atoms with E-state index in [1.807, 2.05) is 24.3 Å². The fraction of sp³-hybridized carbons (Fsp3) is 0.310. The van der Waals surface area contributed by atoms with Crippen LogP contribution in [0.2, 0.25) is 0 Å². The van der Waals surface area contributed by atoms with Crippen molar-refractivity contribution in [2.24, 2.45) is 0 Å². The number of ether oxygens (including phenoxy) is 2. The van der Waals surface area contributed by atoms with Crippen molar-refractivity contribution in [3.8, 4) is 5.75 Å². The summed E-state index contributed by atoms with van der Waals surface area (Å²) in [7, 11) is 1.29. The number of H-pyrrole nitrogens is 1. The third-order valence-corrected chi connectivity index (χ3v) is 6.86. The van der Waals surface area contributed by atoms with Gasteiger partial charge in [-0.1, -0.05) is 12.1 Å². The van der Waals surface area contributed by atoms with Crippen molar-refractivity contribution >= 4 is 22.6 Å². The van der Waals surface area contributed by atoms with Crippen molar-refractivity contribution in [2.75, 3.05) is 25.6 Å². The van der Waals surface area contributed by atoms with E-state index in [0.29, 0.717) is 24.3 Å². The number of aromatic nitrogens is 2. The van der Waals surface area contributed by atoms with Crippen LogP contribution >= 0.6 is 0 Å². The molecule has 3 heterocycles. The molecule has 0 aliphatic carbocycles. The summed E-state index contributed by atoms with van der Waals surface area (Å²) in [6.45, 7) is 1.41. The summed E-state index contributed by atoms with van der Waals surface area (Å²) >= 11 is 0. The number of nitrogens with one attached hydrogen (secondary N) is 2. The first-order chi connectivity index (χ1) is 18.3. The molecule has 2 N–H and O–H groups in total. The molecule has 0 fully saturated rings. The first kappa shape index (κ1) is 25.6. The van der Waals surface area contributed by atoms with E-state index in [1.54, 1.807) is 6.20 Å². The number of nitrogens with zero attached hydrogens (tertiary/aromatic N) is 1. The summed E-state index contributed by atoms with van der Waals surface area (Å²) in [5.74, 6) is -0.298. The van der Waals surface area contributed by atoms with Gasteiger partial charge in [0.2, 0.25) is 0 Å². The molecule has 2 aromatic heterocycles. The van der Waals surface area contributed by atoms with Gasteiger partial charge >= 0.3 is 12.1 Å². The van der Waals surface area contributed by atoms with Gasteiger partial charge in [-0.2, -0.15) is 13.2 Å². The number of halogens is 3. The van der Waals surface area contributed by atoms with Gasteiger partial charge in [-0.15, -0.1) is 0 Å². The fourth-order valence-corrected chi connectivity index (χ4v) is 4.85. The zero-order chi connectivity index (χ0) is 26.7. The number of fused-ring (bicyclic) bond motifs is 2. The number of alkyl halides is 3. The lowest BCUT2D eigenvalue weighted by atomic mass is 9.87. The molecule has 1 aliphatic heterocycles. The normalized spacial score (nSPS) is 14.0. The number of anilines is 1. The molecule has 0 spiro atoms. The number of aryl methyl sites for hydroxylation is 1. The van der Waals surface area contributed by atoms with E-state index in [4.69, 9.17) is 14.5 Å². The Kier molecular flexibility index (Phi) is 7.26. The number of hydrogen-bond acceptors (Lipinski definition) is 5. The van der Waals surface area contributed by atoms with Crippen molar-refractivity contribution in [2.45, 2.75) is 37.8 Å². The molecule has 0 amide bonds. The number of benzene rings is 2. The van der Waals surface area contributed by atoms with E-state index in [9.17, 15) is 18.0 Å². The Morgan fingerprint density at radius 3 is 2.68 bits per heavy atom. The molecule has 198 valence electrons. The molecule has 0 saturated heterocycles. The molecule has 5 rings (SSSR count). The summed E-state index contributed by atoms with van der Waals surface area (Å²) in [6.07, 6.45) is 0.0261. The van der Waals surface area contributed by atoms with E-state index in [2.05, 4.69) is 16.4 Å². The van der Waals surface area contributed by atoms with Gasteiger partial charge in [0.15, 0.2) is 0 Å². The number of esters is 1. The zero-order valence-electron chi connectivity index (χ0n) is 20.9. The van der Waals surface area contributed by atoms with Gasteiger partial charge in [-0.3, -0.25) is 9.78 Å². The second-order valence-corrected chi connectivity index (χ2v) is 9.33. The largest absolute Gasteiger partial charge is 0.493 e. The number of methoxy groups -OCH3 is 1. The van der Waals surface area contributed by atoms with E-state index < -0.39 is 23.6 Å². The minimum atomic E-state index is -4.44. The molecular weight excluding hydrogens is 495 g/mol. The number of pyridine rings is 1. The van der Waals surface area contributed by atoms with Gasteiger partial charge in [0.05, 0.1) is 37.1 Å². The minimum absolute atomic E-state index is 0.0151. The Bertz CT molecular complexity index is 1430. The molecule has 9 heteroatoms. The predicted molar refractivity (Wildman–Crippen MR) is 138 cm³/mol. The lowest BCUT2D eigenvalue weighted by Gasteiger charge is -2.18. The second-order valence-electron chi connectivity index (χ2n) is 9.33. The smallest absolute Gasteiger partial charge is 0.416 e. The minimum Gasteiger partial charge on any atom is -0.493 e. The molecule has 1 atom stereocenters. The molecule has 6 nitrogen and oxygen atoms in total. The van der Waals surface area contributed by atoms with Crippen LogP contribution in [-0.2, 0) is 28.5 Å². The SMILES string of the molecule is COC(=O)CC(c1ccc(C(F)(F)F)cc1)c1c[nH]c2ccc(OCCc3ccc4c(n3)CCCN4)cc12. The molecule has 4 aromatic rings. The quantitative estimate of drug-likeness (QED) is 0.267. The van der Waals surface area contributed by atoms with Crippen LogP contribution in [-0.4, -0.2) is 36.2 Å². The molecule has 38 heavy (non-hydrogen) atoms. The second kappa shape index (κ2) is 10.8. The molecule has 0 radical (unpaired) electrons. The number of carbonyl (C=O) groups is 1. The van der Waals surface area contributed by atoms with Crippen LogP contribution in [0.4, 0.5) is 18.9 Å². The van der Waals surface area contributed by atoms with E-state index >= 15 is 0 Å².